The maximum atomic E-state index is 11.6. The molecule has 2 aromatic rings. The van der Waals surface area contributed by atoms with Crippen molar-refractivity contribution in [2.75, 3.05) is 0 Å². The molecule has 2 rings (SSSR count). The topological polar surface area (TPSA) is 63.8 Å². The summed E-state index contributed by atoms with van der Waals surface area (Å²) in [6, 6.07) is 7.58. The minimum Gasteiger partial charge on any atom is -0.326 e. The van der Waals surface area contributed by atoms with E-state index in [1.54, 1.807) is 13.1 Å². The van der Waals surface area contributed by atoms with Crippen molar-refractivity contribution in [2.45, 2.75) is 13.5 Å². The highest BCUT2D eigenvalue weighted by molar-refractivity contribution is 5.34. The van der Waals surface area contributed by atoms with Gasteiger partial charge in [-0.3, -0.25) is 9.89 Å². The molecule has 4 nitrogen and oxygen atoms in total. The molecule has 0 bridgehead atoms. The molecule has 1 aromatic heterocycles. The molecule has 1 heterocycles. The predicted molar refractivity (Wildman–Crippen MR) is 59.0 cm³/mol. The van der Waals surface area contributed by atoms with Gasteiger partial charge in [0.2, 0.25) is 0 Å². The first kappa shape index (κ1) is 9.73. The van der Waals surface area contributed by atoms with E-state index in [1.807, 2.05) is 24.3 Å². The first-order chi connectivity index (χ1) is 7.22. The minimum absolute atomic E-state index is 0.0181. The zero-order valence-electron chi connectivity index (χ0n) is 8.53. The Morgan fingerprint density at radius 3 is 2.47 bits per heavy atom. The smallest absolute Gasteiger partial charge is 0.274 e. The number of nitrogens with two attached hydrogens (primary N) is 1. The van der Waals surface area contributed by atoms with Gasteiger partial charge in [0, 0.05) is 18.3 Å². The van der Waals surface area contributed by atoms with Crippen molar-refractivity contribution in [3.05, 3.63) is 51.9 Å². The number of aryl methyl sites for hydroxylation is 1. The third-order valence-corrected chi connectivity index (χ3v) is 2.38. The number of H-pyrrole nitrogens is 1. The molecule has 78 valence electrons. The quantitative estimate of drug-likeness (QED) is 0.762. The lowest BCUT2D eigenvalue weighted by Gasteiger charge is -2.02. The van der Waals surface area contributed by atoms with Gasteiger partial charge in [-0.05, 0) is 24.6 Å². The van der Waals surface area contributed by atoms with E-state index in [0.29, 0.717) is 12.1 Å². The van der Waals surface area contributed by atoms with E-state index in [2.05, 4.69) is 5.10 Å². The Bertz CT molecular complexity index is 507. The van der Waals surface area contributed by atoms with Crippen LogP contribution in [0.3, 0.4) is 0 Å². The molecule has 3 N–H and O–H groups in total. The standard InChI is InChI=1S/C11H13N3O/c1-8-7-13-14(11(8)15)10-4-2-9(6-12)3-5-10/h2-5,7,13H,6,12H2,1H3. The predicted octanol–water partition coefficient (Wildman–Crippen LogP) is 0.933. The lowest BCUT2D eigenvalue weighted by Crippen LogP contribution is -2.15. The van der Waals surface area contributed by atoms with E-state index in [9.17, 15) is 4.79 Å². The highest BCUT2D eigenvalue weighted by atomic mass is 16.1. The van der Waals surface area contributed by atoms with Gasteiger partial charge in [0.25, 0.3) is 5.56 Å². The molecule has 0 amide bonds. The van der Waals surface area contributed by atoms with Gasteiger partial charge in [-0.25, -0.2) is 4.68 Å². The van der Waals surface area contributed by atoms with Crippen LogP contribution in [0.25, 0.3) is 5.69 Å². The van der Waals surface area contributed by atoms with Crippen molar-refractivity contribution in [3.63, 3.8) is 0 Å². The monoisotopic (exact) mass is 203 g/mol. The molecule has 0 radical (unpaired) electrons. The van der Waals surface area contributed by atoms with Gasteiger partial charge in [0.15, 0.2) is 0 Å². The van der Waals surface area contributed by atoms with Crippen molar-refractivity contribution >= 4 is 0 Å². The summed E-state index contributed by atoms with van der Waals surface area (Å²) in [7, 11) is 0. The number of hydrogen-bond acceptors (Lipinski definition) is 2. The van der Waals surface area contributed by atoms with Crippen LogP contribution < -0.4 is 11.3 Å². The fourth-order valence-corrected chi connectivity index (χ4v) is 1.43. The van der Waals surface area contributed by atoms with Crippen molar-refractivity contribution in [1.29, 1.82) is 0 Å². The number of nitrogens with one attached hydrogen (secondary N) is 1. The van der Waals surface area contributed by atoms with Gasteiger partial charge in [-0.2, -0.15) is 0 Å². The molecule has 0 fully saturated rings. The lowest BCUT2D eigenvalue weighted by molar-refractivity contribution is 0.846. The highest BCUT2D eigenvalue weighted by Gasteiger charge is 2.03. The fourth-order valence-electron chi connectivity index (χ4n) is 1.43. The van der Waals surface area contributed by atoms with Gasteiger partial charge in [0.05, 0.1) is 5.69 Å². The van der Waals surface area contributed by atoms with Crippen LogP contribution in [0, 0.1) is 6.92 Å². The largest absolute Gasteiger partial charge is 0.326 e. The van der Waals surface area contributed by atoms with E-state index >= 15 is 0 Å². The van der Waals surface area contributed by atoms with Crippen molar-refractivity contribution in [3.8, 4) is 5.69 Å². The molecule has 4 heteroatoms. The number of benzene rings is 1. The molecule has 0 unspecified atom stereocenters. The summed E-state index contributed by atoms with van der Waals surface area (Å²) >= 11 is 0. The summed E-state index contributed by atoms with van der Waals surface area (Å²) in [6.45, 7) is 2.29. The molecule has 0 atom stereocenters. The number of rotatable bonds is 2. The Kier molecular flexibility index (Phi) is 2.43. The second-order valence-electron chi connectivity index (χ2n) is 3.47. The van der Waals surface area contributed by atoms with Gasteiger partial charge in [-0.1, -0.05) is 12.1 Å². The summed E-state index contributed by atoms with van der Waals surface area (Å²) in [5.74, 6) is 0. The summed E-state index contributed by atoms with van der Waals surface area (Å²) in [5, 5.41) is 2.90. The van der Waals surface area contributed by atoms with E-state index in [4.69, 9.17) is 5.73 Å². The van der Waals surface area contributed by atoms with Crippen LogP contribution in [-0.2, 0) is 6.54 Å². The summed E-state index contributed by atoms with van der Waals surface area (Å²) < 4.78 is 1.51. The van der Waals surface area contributed by atoms with Gasteiger partial charge in [0.1, 0.15) is 0 Å². The number of hydrogen-bond donors (Lipinski definition) is 2. The molecular weight excluding hydrogens is 190 g/mol. The maximum absolute atomic E-state index is 11.6. The molecule has 0 aliphatic rings. The van der Waals surface area contributed by atoms with Crippen LogP contribution in [0.4, 0.5) is 0 Å². The Balaban J connectivity index is 2.46. The first-order valence-electron chi connectivity index (χ1n) is 4.79. The Morgan fingerprint density at radius 2 is 2.00 bits per heavy atom. The van der Waals surface area contributed by atoms with Crippen molar-refractivity contribution < 1.29 is 0 Å². The van der Waals surface area contributed by atoms with Crippen molar-refractivity contribution in [2.24, 2.45) is 5.73 Å². The number of aromatic amines is 1. The zero-order valence-corrected chi connectivity index (χ0v) is 8.53. The SMILES string of the molecule is Cc1c[nH]n(-c2ccc(CN)cc2)c1=O. The van der Waals surface area contributed by atoms with Gasteiger partial charge in [-0.15, -0.1) is 0 Å². The van der Waals surface area contributed by atoms with Crippen LogP contribution in [0.2, 0.25) is 0 Å². The van der Waals surface area contributed by atoms with E-state index in [1.165, 1.54) is 4.68 Å². The van der Waals surface area contributed by atoms with E-state index in [0.717, 1.165) is 11.3 Å². The van der Waals surface area contributed by atoms with Crippen LogP contribution in [-0.4, -0.2) is 9.78 Å². The summed E-state index contributed by atoms with van der Waals surface area (Å²) in [6.07, 6.45) is 1.69. The third kappa shape index (κ3) is 1.71. The van der Waals surface area contributed by atoms with Crippen LogP contribution in [0.1, 0.15) is 11.1 Å². The molecule has 15 heavy (non-hydrogen) atoms. The first-order valence-corrected chi connectivity index (χ1v) is 4.79. The Hall–Kier alpha value is -1.81. The summed E-state index contributed by atoms with van der Waals surface area (Å²) in [5.41, 5.74) is 8.06. The molecule has 0 aliphatic carbocycles. The highest BCUT2D eigenvalue weighted by Crippen LogP contribution is 2.06. The second kappa shape index (κ2) is 3.74. The Labute approximate surface area is 87.3 Å². The number of nitrogens with zero attached hydrogens (tertiary/aromatic N) is 1. The molecule has 0 saturated carbocycles. The van der Waals surface area contributed by atoms with Crippen LogP contribution >= 0.6 is 0 Å². The molecular formula is C11H13N3O. The molecule has 1 aromatic carbocycles. The van der Waals surface area contributed by atoms with E-state index in [-0.39, 0.29) is 5.56 Å². The molecule has 0 aliphatic heterocycles. The van der Waals surface area contributed by atoms with Crippen LogP contribution in [0.5, 0.6) is 0 Å². The van der Waals surface area contributed by atoms with Crippen LogP contribution in [0.15, 0.2) is 35.3 Å². The molecule has 0 spiro atoms. The Morgan fingerprint density at radius 1 is 1.33 bits per heavy atom. The fraction of sp³-hybridized carbons (Fsp3) is 0.182. The number of aromatic nitrogens is 2. The average Bonchev–Trinajstić information content (AvgIpc) is 2.60. The third-order valence-electron chi connectivity index (χ3n) is 2.38. The normalized spacial score (nSPS) is 10.5. The minimum atomic E-state index is -0.0181. The van der Waals surface area contributed by atoms with Crippen molar-refractivity contribution in [1.82, 2.24) is 9.78 Å². The van der Waals surface area contributed by atoms with Gasteiger partial charge >= 0.3 is 0 Å². The maximum Gasteiger partial charge on any atom is 0.274 e. The van der Waals surface area contributed by atoms with E-state index < -0.39 is 0 Å². The zero-order chi connectivity index (χ0) is 10.8. The second-order valence-corrected chi connectivity index (χ2v) is 3.47. The summed E-state index contributed by atoms with van der Waals surface area (Å²) in [4.78, 5) is 11.6. The molecule has 0 saturated heterocycles. The average molecular weight is 203 g/mol. The lowest BCUT2D eigenvalue weighted by atomic mass is 10.2. The van der Waals surface area contributed by atoms with Gasteiger partial charge < -0.3 is 5.73 Å².